The number of amides is 2. The van der Waals surface area contributed by atoms with Gasteiger partial charge in [-0.25, -0.2) is 4.79 Å². The van der Waals surface area contributed by atoms with E-state index in [4.69, 9.17) is 0 Å². The van der Waals surface area contributed by atoms with E-state index in [2.05, 4.69) is 26.6 Å². The van der Waals surface area contributed by atoms with Gasteiger partial charge in [-0.3, -0.25) is 0 Å². The summed E-state index contributed by atoms with van der Waals surface area (Å²) in [5.74, 6) is 0. The zero-order valence-electron chi connectivity index (χ0n) is 11.6. The van der Waals surface area contributed by atoms with Crippen molar-refractivity contribution in [2.75, 3.05) is 6.54 Å². The number of urea groups is 1. The third-order valence-corrected chi connectivity index (χ3v) is 3.65. The van der Waals surface area contributed by atoms with Crippen molar-refractivity contribution in [1.29, 1.82) is 0 Å². The predicted octanol–water partition coefficient (Wildman–Crippen LogP) is 3.96. The second kappa shape index (κ2) is 8.27. The van der Waals surface area contributed by atoms with Crippen molar-refractivity contribution < 1.29 is 4.79 Å². The zero-order valence-corrected chi connectivity index (χ0v) is 13.1. The molecule has 2 aromatic carbocycles. The molecule has 0 bridgehead atoms. The molecule has 0 aromatic heterocycles. The van der Waals surface area contributed by atoms with E-state index in [1.54, 1.807) is 6.20 Å². The van der Waals surface area contributed by atoms with Crippen LogP contribution in [0, 0.1) is 0 Å². The molecule has 0 atom stereocenters. The molecule has 0 aliphatic rings. The third-order valence-electron chi connectivity index (χ3n) is 2.92. The molecular formula is C17H17BrN2O. The van der Waals surface area contributed by atoms with Gasteiger partial charge in [0.2, 0.25) is 0 Å². The Balaban J connectivity index is 1.71. The van der Waals surface area contributed by atoms with Gasteiger partial charge in [-0.2, -0.15) is 0 Å². The highest BCUT2D eigenvalue weighted by molar-refractivity contribution is 9.10. The molecule has 0 aliphatic heterocycles. The number of carbonyl (C=O) groups excluding carboxylic acids is 1. The van der Waals surface area contributed by atoms with Crippen LogP contribution in [0.3, 0.4) is 0 Å². The van der Waals surface area contributed by atoms with Crippen LogP contribution in [0.2, 0.25) is 0 Å². The van der Waals surface area contributed by atoms with Crippen LogP contribution in [-0.2, 0) is 6.42 Å². The maximum atomic E-state index is 11.6. The number of benzene rings is 2. The number of rotatable bonds is 5. The normalized spacial score (nSPS) is 10.5. The van der Waals surface area contributed by atoms with Crippen molar-refractivity contribution in [2.45, 2.75) is 6.42 Å². The van der Waals surface area contributed by atoms with E-state index in [1.165, 1.54) is 5.56 Å². The summed E-state index contributed by atoms with van der Waals surface area (Å²) in [5.41, 5.74) is 2.23. The molecule has 108 valence electrons. The van der Waals surface area contributed by atoms with Crippen LogP contribution >= 0.6 is 15.9 Å². The minimum atomic E-state index is -0.200. The summed E-state index contributed by atoms with van der Waals surface area (Å²) in [6, 6.07) is 17.7. The van der Waals surface area contributed by atoms with E-state index in [-0.39, 0.29) is 6.03 Å². The first-order valence-corrected chi connectivity index (χ1v) is 7.54. The molecule has 2 aromatic rings. The van der Waals surface area contributed by atoms with Gasteiger partial charge in [0.15, 0.2) is 0 Å². The Morgan fingerprint density at radius 1 is 1.05 bits per heavy atom. The molecule has 4 heteroatoms. The van der Waals surface area contributed by atoms with Gasteiger partial charge in [-0.15, -0.1) is 0 Å². The first kappa shape index (κ1) is 15.3. The minimum Gasteiger partial charge on any atom is -0.338 e. The molecule has 3 nitrogen and oxygen atoms in total. The average molecular weight is 345 g/mol. The second-order valence-electron chi connectivity index (χ2n) is 4.49. The molecule has 2 N–H and O–H groups in total. The van der Waals surface area contributed by atoms with Crippen molar-refractivity contribution in [3.8, 4) is 0 Å². The Morgan fingerprint density at radius 3 is 2.52 bits per heavy atom. The summed E-state index contributed by atoms with van der Waals surface area (Å²) >= 11 is 3.45. The topological polar surface area (TPSA) is 41.1 Å². The highest BCUT2D eigenvalue weighted by Gasteiger charge is 1.97. The van der Waals surface area contributed by atoms with Gasteiger partial charge in [0.25, 0.3) is 0 Å². The quantitative estimate of drug-likeness (QED) is 0.846. The summed E-state index contributed by atoms with van der Waals surface area (Å²) in [6.45, 7) is 0.610. The van der Waals surface area contributed by atoms with Gasteiger partial charge < -0.3 is 10.6 Å². The summed E-state index contributed by atoms with van der Waals surface area (Å²) in [4.78, 5) is 11.6. The monoisotopic (exact) mass is 344 g/mol. The fourth-order valence-corrected chi connectivity index (χ4v) is 2.25. The standard InChI is InChI=1S/C17H17BrN2O/c18-16-9-5-4-8-15(16)11-13-20-17(21)19-12-10-14-6-2-1-3-7-14/h1-9,11,13H,10,12H2,(H2,19,20,21)/b13-11+. The molecule has 2 amide bonds. The Bertz CT molecular complexity index is 611. The average Bonchev–Trinajstić information content (AvgIpc) is 2.50. The number of carbonyl (C=O) groups is 1. The van der Waals surface area contributed by atoms with E-state index in [0.29, 0.717) is 6.54 Å². The molecule has 0 spiro atoms. The van der Waals surface area contributed by atoms with Crippen LogP contribution in [0.4, 0.5) is 4.79 Å². The highest BCUT2D eigenvalue weighted by atomic mass is 79.9. The van der Waals surface area contributed by atoms with Crippen molar-refractivity contribution in [1.82, 2.24) is 10.6 Å². The van der Waals surface area contributed by atoms with Crippen LogP contribution in [0.15, 0.2) is 65.3 Å². The zero-order chi connectivity index (χ0) is 14.9. The van der Waals surface area contributed by atoms with E-state index >= 15 is 0 Å². The van der Waals surface area contributed by atoms with E-state index < -0.39 is 0 Å². The second-order valence-corrected chi connectivity index (χ2v) is 5.35. The fourth-order valence-electron chi connectivity index (χ4n) is 1.83. The van der Waals surface area contributed by atoms with Crippen molar-refractivity contribution in [3.63, 3.8) is 0 Å². The Hall–Kier alpha value is -2.07. The van der Waals surface area contributed by atoms with E-state index in [0.717, 1.165) is 16.5 Å². The molecular weight excluding hydrogens is 328 g/mol. The molecule has 0 fully saturated rings. The summed E-state index contributed by atoms with van der Waals surface area (Å²) in [7, 11) is 0. The van der Waals surface area contributed by atoms with E-state index in [9.17, 15) is 4.79 Å². The fraction of sp³-hybridized carbons (Fsp3) is 0.118. The summed E-state index contributed by atoms with van der Waals surface area (Å²) in [6.07, 6.45) is 4.31. The van der Waals surface area contributed by atoms with Crippen LogP contribution in [0.1, 0.15) is 11.1 Å². The van der Waals surface area contributed by atoms with Gasteiger partial charge in [0.05, 0.1) is 0 Å². The number of halogens is 1. The third kappa shape index (κ3) is 5.44. The first-order chi connectivity index (χ1) is 10.3. The van der Waals surface area contributed by atoms with E-state index in [1.807, 2.05) is 60.7 Å². The summed E-state index contributed by atoms with van der Waals surface area (Å²) in [5, 5.41) is 5.51. The largest absolute Gasteiger partial charge is 0.338 e. The van der Waals surface area contributed by atoms with Crippen LogP contribution in [0.5, 0.6) is 0 Å². The van der Waals surface area contributed by atoms with Gasteiger partial charge in [0.1, 0.15) is 0 Å². The molecule has 0 saturated carbocycles. The lowest BCUT2D eigenvalue weighted by atomic mass is 10.1. The van der Waals surface area contributed by atoms with Crippen molar-refractivity contribution in [2.24, 2.45) is 0 Å². The predicted molar refractivity (Wildman–Crippen MR) is 89.9 cm³/mol. The SMILES string of the molecule is O=C(N/C=C/c1ccccc1Br)NCCc1ccccc1. The molecule has 2 rings (SSSR count). The molecule has 0 heterocycles. The van der Waals surface area contributed by atoms with Gasteiger partial charge in [-0.1, -0.05) is 64.5 Å². The lowest BCUT2D eigenvalue weighted by Crippen LogP contribution is -2.33. The molecule has 0 radical (unpaired) electrons. The number of nitrogens with one attached hydrogen (secondary N) is 2. The smallest absolute Gasteiger partial charge is 0.318 e. The van der Waals surface area contributed by atoms with Gasteiger partial charge >= 0.3 is 6.03 Å². The first-order valence-electron chi connectivity index (χ1n) is 6.75. The maximum absolute atomic E-state index is 11.6. The van der Waals surface area contributed by atoms with Gasteiger partial charge in [-0.05, 0) is 29.7 Å². The Morgan fingerprint density at radius 2 is 1.76 bits per heavy atom. The summed E-state index contributed by atoms with van der Waals surface area (Å²) < 4.78 is 0.993. The lowest BCUT2D eigenvalue weighted by Gasteiger charge is -2.04. The molecule has 21 heavy (non-hydrogen) atoms. The number of hydrogen-bond acceptors (Lipinski definition) is 1. The van der Waals surface area contributed by atoms with Crippen LogP contribution in [0.25, 0.3) is 6.08 Å². The minimum absolute atomic E-state index is 0.200. The van der Waals surface area contributed by atoms with Crippen molar-refractivity contribution >= 4 is 28.0 Å². The highest BCUT2D eigenvalue weighted by Crippen LogP contribution is 2.16. The van der Waals surface area contributed by atoms with Crippen molar-refractivity contribution in [3.05, 3.63) is 76.4 Å². The Labute approximate surface area is 133 Å². The lowest BCUT2D eigenvalue weighted by molar-refractivity contribution is 0.244. The van der Waals surface area contributed by atoms with Gasteiger partial charge in [0, 0.05) is 17.2 Å². The van der Waals surface area contributed by atoms with Crippen LogP contribution < -0.4 is 10.6 Å². The molecule has 0 saturated heterocycles. The van der Waals surface area contributed by atoms with Crippen LogP contribution in [-0.4, -0.2) is 12.6 Å². The Kier molecular flexibility index (Phi) is 6.03. The maximum Gasteiger partial charge on any atom is 0.318 e. The molecule has 0 unspecified atom stereocenters. The molecule has 0 aliphatic carbocycles. The number of hydrogen-bond donors (Lipinski definition) is 2.